The molecule has 5 heteroatoms. The Morgan fingerprint density at radius 3 is 3.05 bits per heavy atom. The lowest BCUT2D eigenvalue weighted by Gasteiger charge is -2.12. The molecule has 19 heavy (non-hydrogen) atoms. The highest BCUT2D eigenvalue weighted by molar-refractivity contribution is 7.99. The van der Waals surface area contributed by atoms with Crippen LogP contribution in [0.4, 0.5) is 0 Å². The highest BCUT2D eigenvalue weighted by atomic mass is 32.2. The fourth-order valence-electron chi connectivity index (χ4n) is 1.42. The molecule has 102 valence electrons. The van der Waals surface area contributed by atoms with Gasteiger partial charge in [0.05, 0.1) is 5.56 Å². The van der Waals surface area contributed by atoms with Gasteiger partial charge in [-0.05, 0) is 18.7 Å². The number of hydrogen-bond donors (Lipinski definition) is 2. The Morgan fingerprint density at radius 1 is 1.58 bits per heavy atom. The Kier molecular flexibility index (Phi) is 7.01. The molecule has 2 N–H and O–H groups in total. The zero-order chi connectivity index (χ0) is 14.1. The molecule has 0 radical (unpaired) electrons. The van der Waals surface area contributed by atoms with E-state index < -0.39 is 0 Å². The van der Waals surface area contributed by atoms with Gasteiger partial charge in [0.25, 0.3) is 5.91 Å². The van der Waals surface area contributed by atoms with Crippen molar-refractivity contribution in [3.8, 4) is 11.8 Å². The number of pyridine rings is 1. The second kappa shape index (κ2) is 8.57. The second-order valence-electron chi connectivity index (χ2n) is 3.96. The van der Waals surface area contributed by atoms with Crippen molar-refractivity contribution >= 4 is 17.7 Å². The molecular weight excluding hydrogens is 260 g/mol. The maximum absolute atomic E-state index is 12.0. The summed E-state index contributed by atoms with van der Waals surface area (Å²) in [6.07, 6.45) is 3.08. The van der Waals surface area contributed by atoms with Crippen LogP contribution in [0.2, 0.25) is 0 Å². The molecule has 0 bridgehead atoms. The summed E-state index contributed by atoms with van der Waals surface area (Å²) in [6.45, 7) is 3.86. The normalized spacial score (nSPS) is 11.3. The molecule has 0 saturated carbocycles. The summed E-state index contributed by atoms with van der Waals surface area (Å²) in [6, 6.07) is 1.79. The number of aromatic nitrogens is 1. The van der Waals surface area contributed by atoms with E-state index in [0.29, 0.717) is 11.1 Å². The first kappa shape index (κ1) is 15.5. The lowest BCUT2D eigenvalue weighted by molar-refractivity contribution is 0.0943. The molecule has 1 atom stereocenters. The quantitative estimate of drug-likeness (QED) is 0.797. The average molecular weight is 278 g/mol. The van der Waals surface area contributed by atoms with Crippen LogP contribution in [0.25, 0.3) is 0 Å². The van der Waals surface area contributed by atoms with Crippen LogP contribution in [0, 0.1) is 11.8 Å². The standard InChI is InChI=1S/C14H18N2O2S/c1-3-19-10-11(2)16-14(18)13-7-12(5-4-6-17)8-15-9-13/h7-9,11,17H,3,6,10H2,1-2H3,(H,16,18). The van der Waals surface area contributed by atoms with Gasteiger partial charge in [-0.1, -0.05) is 18.8 Å². The molecule has 0 fully saturated rings. The van der Waals surface area contributed by atoms with Gasteiger partial charge in [0.15, 0.2) is 0 Å². The fourth-order valence-corrected chi connectivity index (χ4v) is 2.09. The van der Waals surface area contributed by atoms with Crippen molar-refractivity contribution in [1.82, 2.24) is 10.3 Å². The number of aliphatic hydroxyl groups excluding tert-OH is 1. The summed E-state index contributed by atoms with van der Waals surface area (Å²) >= 11 is 1.79. The first-order chi connectivity index (χ1) is 9.17. The predicted octanol–water partition coefficient (Wildman–Crippen LogP) is 1.30. The minimum absolute atomic E-state index is 0.115. The van der Waals surface area contributed by atoms with Gasteiger partial charge in [0, 0.05) is 29.8 Å². The van der Waals surface area contributed by atoms with E-state index in [2.05, 4.69) is 29.1 Å². The third-order valence-electron chi connectivity index (χ3n) is 2.26. The van der Waals surface area contributed by atoms with E-state index in [4.69, 9.17) is 5.11 Å². The average Bonchev–Trinajstić information content (AvgIpc) is 2.43. The Morgan fingerprint density at radius 2 is 2.37 bits per heavy atom. The van der Waals surface area contributed by atoms with Gasteiger partial charge in [-0.3, -0.25) is 9.78 Å². The molecule has 4 nitrogen and oxygen atoms in total. The van der Waals surface area contributed by atoms with Crippen LogP contribution < -0.4 is 5.32 Å². The van der Waals surface area contributed by atoms with Crippen molar-refractivity contribution in [3.63, 3.8) is 0 Å². The first-order valence-electron chi connectivity index (χ1n) is 6.10. The van der Waals surface area contributed by atoms with Gasteiger partial charge < -0.3 is 10.4 Å². The molecule has 1 amide bonds. The minimum Gasteiger partial charge on any atom is -0.384 e. The zero-order valence-corrected chi connectivity index (χ0v) is 12.0. The van der Waals surface area contributed by atoms with Crippen LogP contribution in [-0.2, 0) is 0 Å². The molecule has 1 unspecified atom stereocenters. The van der Waals surface area contributed by atoms with E-state index in [1.54, 1.807) is 24.0 Å². The molecule has 0 saturated heterocycles. The molecule has 1 heterocycles. The molecule has 1 aromatic heterocycles. The Bertz CT molecular complexity index is 480. The molecule has 0 aliphatic carbocycles. The van der Waals surface area contributed by atoms with Crippen LogP contribution in [0.15, 0.2) is 18.5 Å². The topological polar surface area (TPSA) is 62.2 Å². The van der Waals surface area contributed by atoms with Gasteiger partial charge >= 0.3 is 0 Å². The van der Waals surface area contributed by atoms with Gasteiger partial charge in [-0.2, -0.15) is 11.8 Å². The van der Waals surface area contributed by atoms with E-state index in [9.17, 15) is 4.79 Å². The number of amides is 1. The van der Waals surface area contributed by atoms with Gasteiger partial charge in [0.2, 0.25) is 0 Å². The number of carbonyl (C=O) groups is 1. The summed E-state index contributed by atoms with van der Waals surface area (Å²) in [7, 11) is 0. The van der Waals surface area contributed by atoms with Crippen molar-refractivity contribution < 1.29 is 9.90 Å². The molecule has 0 spiro atoms. The second-order valence-corrected chi connectivity index (χ2v) is 5.28. The summed E-state index contributed by atoms with van der Waals surface area (Å²) in [5.74, 6) is 7.04. The van der Waals surface area contributed by atoms with E-state index in [1.165, 1.54) is 6.20 Å². The van der Waals surface area contributed by atoms with Crippen LogP contribution in [0.3, 0.4) is 0 Å². The van der Waals surface area contributed by atoms with Crippen molar-refractivity contribution in [2.45, 2.75) is 19.9 Å². The van der Waals surface area contributed by atoms with Crippen LogP contribution in [0.1, 0.15) is 29.8 Å². The van der Waals surface area contributed by atoms with Crippen molar-refractivity contribution in [3.05, 3.63) is 29.6 Å². The summed E-state index contributed by atoms with van der Waals surface area (Å²) in [5.41, 5.74) is 1.11. The van der Waals surface area contributed by atoms with Gasteiger partial charge in [-0.25, -0.2) is 0 Å². The smallest absolute Gasteiger partial charge is 0.253 e. The lowest BCUT2D eigenvalue weighted by atomic mass is 10.2. The summed E-state index contributed by atoms with van der Waals surface area (Å²) < 4.78 is 0. The number of carbonyl (C=O) groups excluding carboxylic acids is 1. The summed E-state index contributed by atoms with van der Waals surface area (Å²) in [4.78, 5) is 16.0. The largest absolute Gasteiger partial charge is 0.384 e. The number of hydrogen-bond acceptors (Lipinski definition) is 4. The highest BCUT2D eigenvalue weighted by Crippen LogP contribution is 2.05. The summed E-state index contributed by atoms with van der Waals surface area (Å²) in [5, 5.41) is 11.5. The highest BCUT2D eigenvalue weighted by Gasteiger charge is 2.10. The zero-order valence-electron chi connectivity index (χ0n) is 11.1. The Hall–Kier alpha value is -1.51. The Labute approximate surface area is 118 Å². The number of nitrogens with one attached hydrogen (secondary N) is 1. The van der Waals surface area contributed by atoms with E-state index in [0.717, 1.165) is 11.5 Å². The maximum Gasteiger partial charge on any atom is 0.253 e. The SMILES string of the molecule is CCSCC(C)NC(=O)c1cncc(C#CCO)c1. The van der Waals surface area contributed by atoms with E-state index in [1.807, 2.05) is 6.92 Å². The van der Waals surface area contributed by atoms with Crippen LogP contribution >= 0.6 is 11.8 Å². The van der Waals surface area contributed by atoms with Gasteiger partial charge in [0.1, 0.15) is 6.61 Å². The van der Waals surface area contributed by atoms with E-state index >= 15 is 0 Å². The molecular formula is C14H18N2O2S. The number of thioether (sulfide) groups is 1. The number of aliphatic hydroxyl groups is 1. The third-order valence-corrected chi connectivity index (χ3v) is 3.41. The molecule has 1 rings (SSSR count). The lowest BCUT2D eigenvalue weighted by Crippen LogP contribution is -2.34. The molecule has 1 aromatic rings. The maximum atomic E-state index is 12.0. The molecule has 0 aromatic carbocycles. The number of nitrogens with zero attached hydrogens (tertiary/aromatic N) is 1. The van der Waals surface area contributed by atoms with Crippen molar-refractivity contribution in [2.24, 2.45) is 0 Å². The van der Waals surface area contributed by atoms with Gasteiger partial charge in [-0.15, -0.1) is 0 Å². The van der Waals surface area contributed by atoms with Crippen LogP contribution in [-0.4, -0.2) is 40.2 Å². The predicted molar refractivity (Wildman–Crippen MR) is 78.1 cm³/mol. The van der Waals surface area contributed by atoms with E-state index in [-0.39, 0.29) is 18.6 Å². The first-order valence-corrected chi connectivity index (χ1v) is 7.26. The minimum atomic E-state index is -0.207. The van der Waals surface area contributed by atoms with Crippen molar-refractivity contribution in [2.75, 3.05) is 18.1 Å². The number of rotatable bonds is 5. The molecule has 0 aliphatic rings. The third kappa shape index (κ3) is 5.77. The monoisotopic (exact) mass is 278 g/mol. The Balaban J connectivity index is 2.66. The molecule has 0 aliphatic heterocycles. The van der Waals surface area contributed by atoms with Crippen LogP contribution in [0.5, 0.6) is 0 Å². The van der Waals surface area contributed by atoms with Crippen molar-refractivity contribution in [1.29, 1.82) is 0 Å². The fraction of sp³-hybridized carbons (Fsp3) is 0.429.